The van der Waals surface area contributed by atoms with E-state index in [1.165, 1.54) is 0 Å². The molecule has 1 aromatic heterocycles. The van der Waals surface area contributed by atoms with Crippen molar-refractivity contribution < 1.29 is 9.47 Å². The maximum Gasteiger partial charge on any atom is 0.162 e. The topological polar surface area (TPSA) is 59.0 Å². The van der Waals surface area contributed by atoms with Crippen molar-refractivity contribution in [3.63, 3.8) is 0 Å². The highest BCUT2D eigenvalue weighted by Crippen LogP contribution is 2.32. The fourth-order valence-electron chi connectivity index (χ4n) is 2.79. The minimum atomic E-state index is 0.548. The SMILES string of the molecule is C=C1C(Nc2ccc(OCC)c(OC)c2)=NC(c2cncc(Cl)c2)=CN1/C=C\C. The maximum atomic E-state index is 6.11. The van der Waals surface area contributed by atoms with Crippen LogP contribution in [-0.4, -0.2) is 29.4 Å². The third kappa shape index (κ3) is 4.78. The van der Waals surface area contributed by atoms with Crippen molar-refractivity contribution in [1.82, 2.24) is 9.88 Å². The summed E-state index contributed by atoms with van der Waals surface area (Å²) < 4.78 is 11.0. The van der Waals surface area contributed by atoms with Gasteiger partial charge in [0.05, 0.1) is 30.1 Å². The van der Waals surface area contributed by atoms with Gasteiger partial charge >= 0.3 is 0 Å². The summed E-state index contributed by atoms with van der Waals surface area (Å²) in [4.78, 5) is 10.8. The van der Waals surface area contributed by atoms with E-state index in [-0.39, 0.29) is 0 Å². The van der Waals surface area contributed by atoms with E-state index < -0.39 is 0 Å². The van der Waals surface area contributed by atoms with E-state index in [0.717, 1.165) is 11.3 Å². The van der Waals surface area contributed by atoms with Crippen molar-refractivity contribution in [1.29, 1.82) is 0 Å². The molecule has 0 unspecified atom stereocenters. The Hall–Kier alpha value is -3.25. The molecule has 0 bridgehead atoms. The molecule has 29 heavy (non-hydrogen) atoms. The van der Waals surface area contributed by atoms with Gasteiger partial charge in [0.15, 0.2) is 17.3 Å². The molecule has 1 aliphatic rings. The number of amidine groups is 1. The molecular weight excluding hydrogens is 388 g/mol. The number of halogens is 1. The van der Waals surface area contributed by atoms with Crippen molar-refractivity contribution in [2.45, 2.75) is 13.8 Å². The Labute approximate surface area is 175 Å². The molecule has 0 amide bonds. The highest BCUT2D eigenvalue weighted by molar-refractivity contribution is 6.30. The molecule has 2 heterocycles. The fourth-order valence-corrected chi connectivity index (χ4v) is 2.96. The summed E-state index contributed by atoms with van der Waals surface area (Å²) in [5.74, 6) is 1.93. The van der Waals surface area contributed by atoms with Gasteiger partial charge in [-0.2, -0.15) is 0 Å². The number of rotatable bonds is 6. The fraction of sp³-hybridized carbons (Fsp3) is 0.182. The van der Waals surface area contributed by atoms with E-state index in [1.807, 2.05) is 61.5 Å². The van der Waals surface area contributed by atoms with Gasteiger partial charge in [-0.25, -0.2) is 4.99 Å². The zero-order chi connectivity index (χ0) is 20.8. The number of aliphatic imine (C=N–C) groups is 1. The largest absolute Gasteiger partial charge is 0.493 e. The lowest BCUT2D eigenvalue weighted by molar-refractivity contribution is 0.311. The molecule has 150 valence electrons. The van der Waals surface area contributed by atoms with Crippen LogP contribution >= 0.6 is 11.6 Å². The van der Waals surface area contributed by atoms with Gasteiger partial charge in [-0.15, -0.1) is 0 Å². The second kappa shape index (κ2) is 9.30. The third-order valence-electron chi connectivity index (χ3n) is 4.12. The molecule has 0 fully saturated rings. The number of nitrogens with one attached hydrogen (secondary N) is 1. The van der Waals surface area contributed by atoms with Crippen LogP contribution in [0.25, 0.3) is 5.70 Å². The van der Waals surface area contributed by atoms with Crippen LogP contribution in [0.1, 0.15) is 19.4 Å². The van der Waals surface area contributed by atoms with Crippen LogP contribution in [0.5, 0.6) is 11.5 Å². The van der Waals surface area contributed by atoms with Gasteiger partial charge in [0.25, 0.3) is 0 Å². The van der Waals surface area contributed by atoms with Crippen molar-refractivity contribution in [2.24, 2.45) is 4.99 Å². The summed E-state index contributed by atoms with van der Waals surface area (Å²) in [7, 11) is 1.61. The normalized spacial score (nSPS) is 13.9. The monoisotopic (exact) mass is 410 g/mol. The molecule has 6 nitrogen and oxygen atoms in total. The van der Waals surface area contributed by atoms with Gasteiger partial charge in [-0.05, 0) is 32.0 Å². The zero-order valence-electron chi connectivity index (χ0n) is 16.6. The van der Waals surface area contributed by atoms with Gasteiger partial charge < -0.3 is 19.7 Å². The van der Waals surface area contributed by atoms with E-state index in [1.54, 1.807) is 19.5 Å². The lowest BCUT2D eigenvalue weighted by Crippen LogP contribution is -2.26. The third-order valence-corrected chi connectivity index (χ3v) is 4.32. The van der Waals surface area contributed by atoms with Crippen LogP contribution in [0.2, 0.25) is 5.02 Å². The Kier molecular flexibility index (Phi) is 6.57. The Morgan fingerprint density at radius 1 is 1.24 bits per heavy atom. The number of anilines is 1. The molecule has 1 N–H and O–H groups in total. The van der Waals surface area contributed by atoms with Gasteiger partial charge in [0, 0.05) is 42.1 Å². The summed E-state index contributed by atoms with van der Waals surface area (Å²) >= 11 is 6.11. The average Bonchev–Trinajstić information content (AvgIpc) is 2.72. The Bertz CT molecular complexity index is 998. The molecule has 0 spiro atoms. The molecule has 0 saturated heterocycles. The van der Waals surface area contributed by atoms with Gasteiger partial charge in [-0.3, -0.25) is 4.98 Å². The Balaban J connectivity index is 1.96. The van der Waals surface area contributed by atoms with Crippen molar-refractivity contribution in [3.05, 3.63) is 78.0 Å². The summed E-state index contributed by atoms with van der Waals surface area (Å²) in [6.07, 6.45) is 9.04. The molecule has 7 heteroatoms. The van der Waals surface area contributed by atoms with Crippen molar-refractivity contribution >= 4 is 28.8 Å². The summed E-state index contributed by atoms with van der Waals surface area (Å²) in [5.41, 5.74) is 3.03. The number of ether oxygens (including phenoxy) is 2. The lowest BCUT2D eigenvalue weighted by Gasteiger charge is -2.26. The molecular formula is C22H23ClN4O2. The van der Waals surface area contributed by atoms with Crippen LogP contribution < -0.4 is 14.8 Å². The molecule has 0 aliphatic carbocycles. The number of aromatic nitrogens is 1. The number of pyridine rings is 1. The minimum absolute atomic E-state index is 0.548. The average molecular weight is 411 g/mol. The number of allylic oxidation sites excluding steroid dienone is 1. The molecule has 0 saturated carbocycles. The zero-order valence-corrected chi connectivity index (χ0v) is 17.4. The maximum absolute atomic E-state index is 6.11. The lowest BCUT2D eigenvalue weighted by atomic mass is 10.2. The molecule has 1 aliphatic heterocycles. The molecule has 3 rings (SSSR count). The predicted molar refractivity (Wildman–Crippen MR) is 118 cm³/mol. The standard InChI is InChI=1S/C22H23ClN4O2/c1-5-9-27-14-19(16-10-17(23)13-24-12-16)26-22(15(27)3)25-18-7-8-20(29-6-2)21(11-18)28-4/h5,7-14H,3,6H2,1-2,4H3,(H,25,26)/b9-5-. The van der Waals surface area contributed by atoms with Gasteiger partial charge in [0.2, 0.25) is 0 Å². The van der Waals surface area contributed by atoms with Crippen LogP contribution in [-0.2, 0) is 0 Å². The number of hydrogen-bond donors (Lipinski definition) is 1. The highest BCUT2D eigenvalue weighted by Gasteiger charge is 2.19. The molecule has 2 aromatic rings. The van der Waals surface area contributed by atoms with Crippen molar-refractivity contribution in [3.8, 4) is 11.5 Å². The van der Waals surface area contributed by atoms with Crippen LogP contribution in [0, 0.1) is 0 Å². The number of methoxy groups -OCH3 is 1. The number of hydrogen-bond acceptors (Lipinski definition) is 6. The van der Waals surface area contributed by atoms with Crippen LogP contribution in [0.4, 0.5) is 5.69 Å². The Morgan fingerprint density at radius 3 is 2.76 bits per heavy atom. The van der Waals surface area contributed by atoms with Crippen LogP contribution in [0.15, 0.2) is 72.4 Å². The minimum Gasteiger partial charge on any atom is -0.493 e. The number of benzene rings is 1. The first kappa shape index (κ1) is 20.5. The summed E-state index contributed by atoms with van der Waals surface area (Å²) in [6.45, 7) is 8.60. The van der Waals surface area contributed by atoms with Crippen molar-refractivity contribution in [2.75, 3.05) is 19.0 Å². The quantitative estimate of drug-likeness (QED) is 0.698. The summed E-state index contributed by atoms with van der Waals surface area (Å²) in [6, 6.07) is 7.45. The van der Waals surface area contributed by atoms with Gasteiger partial charge in [0.1, 0.15) is 0 Å². The first-order chi connectivity index (χ1) is 14.0. The molecule has 0 radical (unpaired) electrons. The first-order valence-corrected chi connectivity index (χ1v) is 9.53. The first-order valence-electron chi connectivity index (χ1n) is 9.15. The van der Waals surface area contributed by atoms with E-state index in [9.17, 15) is 0 Å². The second-order valence-electron chi connectivity index (χ2n) is 6.13. The molecule has 0 atom stereocenters. The highest BCUT2D eigenvalue weighted by atomic mass is 35.5. The van der Waals surface area contributed by atoms with E-state index >= 15 is 0 Å². The van der Waals surface area contributed by atoms with Crippen LogP contribution in [0.3, 0.4) is 0 Å². The number of nitrogens with zero attached hydrogens (tertiary/aromatic N) is 3. The van der Waals surface area contributed by atoms with E-state index in [0.29, 0.717) is 40.4 Å². The Morgan fingerprint density at radius 2 is 2.07 bits per heavy atom. The van der Waals surface area contributed by atoms with E-state index in [4.69, 9.17) is 26.1 Å². The smallest absolute Gasteiger partial charge is 0.162 e. The predicted octanol–water partition coefficient (Wildman–Crippen LogP) is 5.31. The van der Waals surface area contributed by atoms with E-state index in [2.05, 4.69) is 16.9 Å². The summed E-state index contributed by atoms with van der Waals surface area (Å²) in [5, 5.41) is 3.87. The van der Waals surface area contributed by atoms with Gasteiger partial charge in [-0.1, -0.05) is 24.3 Å². The molecule has 1 aromatic carbocycles. The second-order valence-corrected chi connectivity index (χ2v) is 6.56.